The topological polar surface area (TPSA) is 33.1 Å². The van der Waals surface area contributed by atoms with E-state index in [1.807, 2.05) is 11.7 Å². The molecular weight excluding hydrogens is 292 g/mol. The summed E-state index contributed by atoms with van der Waals surface area (Å²) >= 11 is 3.69. The third-order valence-electron chi connectivity index (χ3n) is 3.83. The van der Waals surface area contributed by atoms with Crippen LogP contribution in [-0.2, 0) is 20.0 Å². The molecule has 1 aliphatic rings. The van der Waals surface area contributed by atoms with Crippen LogP contribution in [-0.4, -0.2) is 40.9 Å². The molecule has 0 radical (unpaired) electrons. The van der Waals surface area contributed by atoms with E-state index in [4.69, 9.17) is 0 Å². The Kier molecular flexibility index (Phi) is 4.81. The van der Waals surface area contributed by atoms with E-state index in [1.54, 1.807) is 0 Å². The molecule has 4 nitrogen and oxygen atoms in total. The van der Waals surface area contributed by atoms with Crippen LogP contribution >= 0.6 is 15.9 Å². The van der Waals surface area contributed by atoms with Crippen molar-refractivity contribution in [1.82, 2.24) is 20.0 Å². The van der Waals surface area contributed by atoms with Crippen molar-refractivity contribution in [2.24, 2.45) is 7.05 Å². The molecule has 1 aromatic rings. The van der Waals surface area contributed by atoms with Crippen LogP contribution in [0.4, 0.5) is 0 Å². The average molecular weight is 315 g/mol. The first-order valence-corrected chi connectivity index (χ1v) is 7.54. The van der Waals surface area contributed by atoms with Crippen LogP contribution in [0.1, 0.15) is 31.2 Å². The van der Waals surface area contributed by atoms with Gasteiger partial charge in [0.1, 0.15) is 0 Å². The molecule has 1 saturated heterocycles. The molecule has 2 rings (SSSR count). The second-order valence-electron chi connectivity index (χ2n) is 5.08. The Hall–Kier alpha value is -0.390. The summed E-state index contributed by atoms with van der Waals surface area (Å²) in [5.74, 6) is 0. The molecule has 0 unspecified atom stereocenters. The molecule has 1 aromatic heterocycles. The second kappa shape index (κ2) is 6.17. The summed E-state index contributed by atoms with van der Waals surface area (Å²) in [6.07, 6.45) is 3.46. The van der Waals surface area contributed by atoms with Gasteiger partial charge in [0.05, 0.1) is 15.9 Å². The van der Waals surface area contributed by atoms with Crippen LogP contribution in [0.25, 0.3) is 0 Å². The summed E-state index contributed by atoms with van der Waals surface area (Å²) in [5, 5.41) is 7.97. The highest BCUT2D eigenvalue weighted by molar-refractivity contribution is 9.10. The van der Waals surface area contributed by atoms with E-state index >= 15 is 0 Å². The maximum atomic E-state index is 4.56. The summed E-state index contributed by atoms with van der Waals surface area (Å²) in [5.41, 5.74) is 2.44. The Bertz CT molecular complexity index is 396. The van der Waals surface area contributed by atoms with Crippen molar-refractivity contribution in [1.29, 1.82) is 0 Å². The first-order valence-electron chi connectivity index (χ1n) is 6.74. The fraction of sp³-hybridized carbons (Fsp3) is 0.769. The predicted molar refractivity (Wildman–Crippen MR) is 77.6 cm³/mol. The van der Waals surface area contributed by atoms with Gasteiger partial charge in [-0.15, -0.1) is 0 Å². The lowest BCUT2D eigenvalue weighted by Crippen LogP contribution is -2.41. The molecule has 0 aromatic carbocycles. The van der Waals surface area contributed by atoms with E-state index in [9.17, 15) is 0 Å². The smallest absolute Gasteiger partial charge is 0.0767 e. The minimum atomic E-state index is 0.693. The van der Waals surface area contributed by atoms with Crippen LogP contribution in [0.3, 0.4) is 0 Å². The van der Waals surface area contributed by atoms with Crippen molar-refractivity contribution in [2.45, 2.75) is 38.8 Å². The number of aromatic nitrogens is 2. The number of rotatable bonds is 4. The molecule has 2 heterocycles. The zero-order valence-electron chi connectivity index (χ0n) is 11.5. The van der Waals surface area contributed by atoms with Crippen LogP contribution in [0.2, 0.25) is 0 Å². The SMILES string of the molecule is CCc1nn(C)c(CN(C)C2CCNCC2)c1Br. The van der Waals surface area contributed by atoms with E-state index < -0.39 is 0 Å². The maximum Gasteiger partial charge on any atom is 0.0767 e. The van der Waals surface area contributed by atoms with Gasteiger partial charge in [-0.2, -0.15) is 5.10 Å². The molecule has 0 saturated carbocycles. The van der Waals surface area contributed by atoms with Gasteiger partial charge in [-0.05, 0) is 55.3 Å². The molecular formula is C13H23BrN4. The van der Waals surface area contributed by atoms with Gasteiger partial charge in [0.15, 0.2) is 0 Å². The molecule has 1 aliphatic heterocycles. The van der Waals surface area contributed by atoms with E-state index in [2.05, 4.69) is 45.2 Å². The van der Waals surface area contributed by atoms with Crippen LogP contribution in [0, 0.1) is 0 Å². The molecule has 0 bridgehead atoms. The summed E-state index contributed by atoms with van der Waals surface area (Å²) in [6, 6.07) is 0.693. The Morgan fingerprint density at radius 1 is 1.44 bits per heavy atom. The molecule has 102 valence electrons. The number of nitrogens with one attached hydrogen (secondary N) is 1. The number of hydrogen-bond acceptors (Lipinski definition) is 3. The van der Waals surface area contributed by atoms with Gasteiger partial charge in [-0.25, -0.2) is 0 Å². The zero-order chi connectivity index (χ0) is 13.1. The van der Waals surface area contributed by atoms with Gasteiger partial charge in [0, 0.05) is 19.6 Å². The summed E-state index contributed by atoms with van der Waals surface area (Å²) < 4.78 is 3.20. The van der Waals surface area contributed by atoms with Gasteiger partial charge < -0.3 is 5.32 Å². The number of piperidine rings is 1. The second-order valence-corrected chi connectivity index (χ2v) is 5.87. The first-order chi connectivity index (χ1) is 8.63. The highest BCUT2D eigenvalue weighted by Crippen LogP contribution is 2.24. The monoisotopic (exact) mass is 314 g/mol. The molecule has 0 aliphatic carbocycles. The van der Waals surface area contributed by atoms with E-state index in [0.717, 1.165) is 31.7 Å². The summed E-state index contributed by atoms with van der Waals surface area (Å²) in [7, 11) is 4.26. The summed E-state index contributed by atoms with van der Waals surface area (Å²) in [6.45, 7) is 5.39. The number of aryl methyl sites for hydroxylation is 2. The molecule has 1 fully saturated rings. The van der Waals surface area contributed by atoms with Crippen molar-refractivity contribution < 1.29 is 0 Å². The quantitative estimate of drug-likeness (QED) is 0.922. The van der Waals surface area contributed by atoms with E-state index in [0.29, 0.717) is 6.04 Å². The zero-order valence-corrected chi connectivity index (χ0v) is 13.1. The molecule has 1 N–H and O–H groups in total. The van der Waals surface area contributed by atoms with Crippen molar-refractivity contribution >= 4 is 15.9 Å². The Morgan fingerprint density at radius 2 is 2.11 bits per heavy atom. The minimum Gasteiger partial charge on any atom is -0.317 e. The van der Waals surface area contributed by atoms with Crippen molar-refractivity contribution in [2.75, 3.05) is 20.1 Å². The molecule has 0 amide bonds. The number of nitrogens with zero attached hydrogens (tertiary/aromatic N) is 3. The largest absolute Gasteiger partial charge is 0.317 e. The third-order valence-corrected chi connectivity index (χ3v) is 4.75. The minimum absolute atomic E-state index is 0.693. The third kappa shape index (κ3) is 2.95. The van der Waals surface area contributed by atoms with Gasteiger partial charge in [-0.1, -0.05) is 6.92 Å². The van der Waals surface area contributed by atoms with Crippen molar-refractivity contribution in [3.8, 4) is 0 Å². The fourth-order valence-corrected chi connectivity index (χ4v) is 3.35. The van der Waals surface area contributed by atoms with Crippen LogP contribution in [0.15, 0.2) is 4.47 Å². The van der Waals surface area contributed by atoms with Crippen molar-refractivity contribution in [3.63, 3.8) is 0 Å². The van der Waals surface area contributed by atoms with Gasteiger partial charge in [-0.3, -0.25) is 9.58 Å². The lowest BCUT2D eigenvalue weighted by Gasteiger charge is -2.31. The lowest BCUT2D eigenvalue weighted by atomic mass is 10.1. The molecule has 0 atom stereocenters. The molecule has 18 heavy (non-hydrogen) atoms. The highest BCUT2D eigenvalue weighted by Gasteiger charge is 2.21. The first kappa shape index (κ1) is 14.0. The number of hydrogen-bond donors (Lipinski definition) is 1. The van der Waals surface area contributed by atoms with Crippen molar-refractivity contribution in [3.05, 3.63) is 15.9 Å². The fourth-order valence-electron chi connectivity index (χ4n) is 2.60. The normalized spacial score (nSPS) is 17.6. The standard InChI is InChI=1S/C13H23BrN4/c1-4-11-13(14)12(18(3)16-11)9-17(2)10-5-7-15-8-6-10/h10,15H,4-9H2,1-3H3. The Balaban J connectivity index is 2.06. The maximum absolute atomic E-state index is 4.56. The van der Waals surface area contributed by atoms with E-state index in [-0.39, 0.29) is 0 Å². The molecule has 0 spiro atoms. The van der Waals surface area contributed by atoms with Gasteiger partial charge in [0.2, 0.25) is 0 Å². The van der Waals surface area contributed by atoms with E-state index in [1.165, 1.54) is 23.0 Å². The van der Waals surface area contributed by atoms with Gasteiger partial charge in [0.25, 0.3) is 0 Å². The van der Waals surface area contributed by atoms with Crippen LogP contribution in [0.5, 0.6) is 0 Å². The summed E-state index contributed by atoms with van der Waals surface area (Å²) in [4.78, 5) is 2.46. The highest BCUT2D eigenvalue weighted by atomic mass is 79.9. The Labute approximate surface area is 118 Å². The average Bonchev–Trinajstić information content (AvgIpc) is 2.67. The lowest BCUT2D eigenvalue weighted by molar-refractivity contribution is 0.187. The predicted octanol–water partition coefficient (Wildman–Crippen LogP) is 1.93. The number of halogens is 1. The molecule has 5 heteroatoms. The Morgan fingerprint density at radius 3 is 2.67 bits per heavy atom. The van der Waals surface area contributed by atoms with Gasteiger partial charge >= 0.3 is 0 Å². The van der Waals surface area contributed by atoms with Crippen LogP contribution < -0.4 is 5.32 Å².